The van der Waals surface area contributed by atoms with Crippen LogP contribution in [0.4, 0.5) is 17.1 Å². The maximum Gasteiger partial charge on any atom is 0.261 e. The van der Waals surface area contributed by atoms with E-state index in [9.17, 15) is 18.0 Å². The Bertz CT molecular complexity index is 1020. The average Bonchev–Trinajstić information content (AvgIpc) is 2.68. The van der Waals surface area contributed by atoms with Crippen molar-refractivity contribution in [2.45, 2.75) is 25.7 Å². The Labute approximate surface area is 151 Å². The number of carbonyl (C=O) groups excluding carboxylic acids is 2. The molecule has 0 spiro atoms. The van der Waals surface area contributed by atoms with Crippen LogP contribution in [0.1, 0.15) is 18.1 Å². The summed E-state index contributed by atoms with van der Waals surface area (Å²) in [5, 5.41) is 5.19. The number of hydrogen-bond acceptors (Lipinski definition) is 4. The van der Waals surface area contributed by atoms with Crippen LogP contribution < -0.4 is 15.4 Å². The van der Waals surface area contributed by atoms with E-state index in [2.05, 4.69) is 15.4 Å². The number of benzene rings is 2. The maximum atomic E-state index is 12.7. The van der Waals surface area contributed by atoms with Crippen LogP contribution in [0.15, 0.2) is 41.3 Å². The molecule has 2 amide bonds. The highest BCUT2D eigenvalue weighted by Gasteiger charge is 2.27. The standard InChI is InChI=1S/C18H19N3O4S/c1-10-4-5-13(8-11(10)2)21-26(24,25)14-6-7-15-16(9-14)20-18(23)12(3)17(22)19-15/h4-9,12,21H,1-3H3,(H,19,22)(H,20,23)/t12-/m0/s1. The number of rotatable bonds is 3. The van der Waals surface area contributed by atoms with E-state index in [0.717, 1.165) is 11.1 Å². The van der Waals surface area contributed by atoms with E-state index in [1.54, 1.807) is 12.1 Å². The van der Waals surface area contributed by atoms with Crippen LogP contribution in [0.2, 0.25) is 0 Å². The lowest BCUT2D eigenvalue weighted by molar-refractivity contribution is -0.128. The van der Waals surface area contributed by atoms with Gasteiger partial charge in [-0.05, 0) is 62.2 Å². The van der Waals surface area contributed by atoms with Crippen molar-refractivity contribution in [3.63, 3.8) is 0 Å². The molecule has 2 aromatic carbocycles. The molecule has 0 aromatic heterocycles. The lowest BCUT2D eigenvalue weighted by Crippen LogP contribution is -2.28. The molecule has 1 heterocycles. The molecular formula is C18H19N3O4S. The second-order valence-corrected chi connectivity index (χ2v) is 7.99. The summed E-state index contributed by atoms with van der Waals surface area (Å²) in [6, 6.07) is 9.44. The summed E-state index contributed by atoms with van der Waals surface area (Å²) >= 11 is 0. The monoisotopic (exact) mass is 373 g/mol. The van der Waals surface area contributed by atoms with Gasteiger partial charge < -0.3 is 10.6 Å². The Balaban J connectivity index is 1.94. The Morgan fingerprint density at radius 2 is 1.54 bits per heavy atom. The largest absolute Gasteiger partial charge is 0.324 e. The molecule has 1 aliphatic heterocycles. The molecule has 8 heteroatoms. The van der Waals surface area contributed by atoms with E-state index in [4.69, 9.17) is 0 Å². The molecule has 7 nitrogen and oxygen atoms in total. The molecule has 0 saturated heterocycles. The Morgan fingerprint density at radius 3 is 2.19 bits per heavy atom. The van der Waals surface area contributed by atoms with Gasteiger partial charge in [0.25, 0.3) is 10.0 Å². The van der Waals surface area contributed by atoms with Gasteiger partial charge in [0.1, 0.15) is 5.92 Å². The normalized spacial score (nSPS) is 17.0. The fourth-order valence-corrected chi connectivity index (χ4v) is 3.60. The number of amides is 2. The van der Waals surface area contributed by atoms with E-state index < -0.39 is 27.8 Å². The minimum atomic E-state index is -3.85. The number of nitrogens with one attached hydrogen (secondary N) is 3. The van der Waals surface area contributed by atoms with Crippen LogP contribution in [0.3, 0.4) is 0 Å². The second-order valence-electron chi connectivity index (χ2n) is 6.31. The Hall–Kier alpha value is -2.87. The van der Waals surface area contributed by atoms with Gasteiger partial charge in [-0.25, -0.2) is 8.42 Å². The molecule has 0 fully saturated rings. The minimum absolute atomic E-state index is 0.0152. The van der Waals surface area contributed by atoms with Crippen LogP contribution in [0.5, 0.6) is 0 Å². The quantitative estimate of drug-likeness (QED) is 0.719. The van der Waals surface area contributed by atoms with E-state index in [1.165, 1.54) is 25.1 Å². The van der Waals surface area contributed by atoms with Crippen LogP contribution >= 0.6 is 0 Å². The molecule has 26 heavy (non-hydrogen) atoms. The lowest BCUT2D eigenvalue weighted by atomic mass is 10.1. The molecule has 0 bridgehead atoms. The highest BCUT2D eigenvalue weighted by molar-refractivity contribution is 7.92. The fourth-order valence-electron chi connectivity index (χ4n) is 2.52. The topological polar surface area (TPSA) is 104 Å². The zero-order valence-corrected chi connectivity index (χ0v) is 15.4. The van der Waals surface area contributed by atoms with Crippen LogP contribution in [0, 0.1) is 19.8 Å². The summed E-state index contributed by atoms with van der Waals surface area (Å²) in [6.45, 7) is 5.32. The molecule has 0 unspecified atom stereocenters. The Morgan fingerprint density at radius 1 is 0.885 bits per heavy atom. The van der Waals surface area contributed by atoms with Crippen molar-refractivity contribution in [3.05, 3.63) is 47.5 Å². The molecule has 136 valence electrons. The summed E-state index contributed by atoms with van der Waals surface area (Å²) in [4.78, 5) is 23.8. The zero-order chi connectivity index (χ0) is 19.1. The molecule has 1 atom stereocenters. The van der Waals surface area contributed by atoms with E-state index >= 15 is 0 Å². The highest BCUT2D eigenvalue weighted by Crippen LogP contribution is 2.29. The predicted octanol–water partition coefficient (Wildman–Crippen LogP) is 2.63. The summed E-state index contributed by atoms with van der Waals surface area (Å²) in [5.74, 6) is -1.79. The van der Waals surface area contributed by atoms with Gasteiger partial charge in [0.2, 0.25) is 11.8 Å². The number of fused-ring (bicyclic) bond motifs is 1. The number of aryl methyl sites for hydroxylation is 2. The predicted molar refractivity (Wildman–Crippen MR) is 99.6 cm³/mol. The van der Waals surface area contributed by atoms with Gasteiger partial charge in [0.05, 0.1) is 16.3 Å². The van der Waals surface area contributed by atoms with Gasteiger partial charge in [0.15, 0.2) is 0 Å². The third-order valence-electron chi connectivity index (χ3n) is 4.36. The SMILES string of the molecule is Cc1ccc(NS(=O)(=O)c2ccc3c(c2)NC(=O)[C@@H](C)C(=O)N3)cc1C. The van der Waals surface area contributed by atoms with Crippen LogP contribution in [0.25, 0.3) is 0 Å². The highest BCUT2D eigenvalue weighted by atomic mass is 32.2. The smallest absolute Gasteiger partial charge is 0.261 e. The van der Waals surface area contributed by atoms with Gasteiger partial charge in [-0.15, -0.1) is 0 Å². The maximum absolute atomic E-state index is 12.7. The average molecular weight is 373 g/mol. The lowest BCUT2D eigenvalue weighted by Gasteiger charge is -2.12. The van der Waals surface area contributed by atoms with Crippen molar-refractivity contribution in [2.24, 2.45) is 5.92 Å². The van der Waals surface area contributed by atoms with Crippen molar-refractivity contribution in [3.8, 4) is 0 Å². The van der Waals surface area contributed by atoms with Crippen molar-refractivity contribution < 1.29 is 18.0 Å². The van der Waals surface area contributed by atoms with Crippen LogP contribution in [-0.4, -0.2) is 20.2 Å². The van der Waals surface area contributed by atoms with Crippen molar-refractivity contribution in [1.29, 1.82) is 0 Å². The third kappa shape index (κ3) is 3.41. The summed E-state index contributed by atoms with van der Waals surface area (Å²) in [5.41, 5.74) is 3.09. The van der Waals surface area contributed by atoms with Gasteiger partial charge >= 0.3 is 0 Å². The minimum Gasteiger partial charge on any atom is -0.324 e. The van der Waals surface area contributed by atoms with Crippen molar-refractivity contribution in [2.75, 3.05) is 15.4 Å². The summed E-state index contributed by atoms with van der Waals surface area (Å²) in [7, 11) is -3.85. The summed E-state index contributed by atoms with van der Waals surface area (Å²) < 4.78 is 27.9. The molecule has 0 aliphatic carbocycles. The van der Waals surface area contributed by atoms with Crippen molar-refractivity contribution in [1.82, 2.24) is 0 Å². The fraction of sp³-hybridized carbons (Fsp3) is 0.222. The van der Waals surface area contributed by atoms with Gasteiger partial charge in [-0.2, -0.15) is 0 Å². The molecule has 0 radical (unpaired) electrons. The molecule has 3 N–H and O–H groups in total. The Kier molecular flexibility index (Phi) is 4.45. The van der Waals surface area contributed by atoms with Crippen LogP contribution in [-0.2, 0) is 19.6 Å². The number of carbonyl (C=O) groups is 2. The number of hydrogen-bond donors (Lipinski definition) is 3. The van der Waals surface area contributed by atoms with E-state index in [-0.39, 0.29) is 10.6 Å². The molecule has 2 aromatic rings. The first-order chi connectivity index (χ1) is 12.2. The van der Waals surface area contributed by atoms with E-state index in [0.29, 0.717) is 11.4 Å². The molecule has 3 rings (SSSR count). The zero-order valence-electron chi connectivity index (χ0n) is 14.6. The van der Waals surface area contributed by atoms with Gasteiger partial charge in [-0.3, -0.25) is 14.3 Å². The first-order valence-corrected chi connectivity index (χ1v) is 9.51. The van der Waals surface area contributed by atoms with Gasteiger partial charge in [0, 0.05) is 5.69 Å². The molecular weight excluding hydrogens is 354 g/mol. The van der Waals surface area contributed by atoms with Crippen molar-refractivity contribution >= 4 is 38.9 Å². The number of sulfonamides is 1. The van der Waals surface area contributed by atoms with Gasteiger partial charge in [-0.1, -0.05) is 6.07 Å². The second kappa shape index (κ2) is 6.45. The number of anilines is 3. The third-order valence-corrected chi connectivity index (χ3v) is 5.74. The molecule has 0 saturated carbocycles. The molecule has 1 aliphatic rings. The summed E-state index contributed by atoms with van der Waals surface area (Å²) in [6.07, 6.45) is 0. The first kappa shape index (κ1) is 17.9. The van der Waals surface area contributed by atoms with E-state index in [1.807, 2.05) is 19.9 Å². The first-order valence-electron chi connectivity index (χ1n) is 8.03.